The highest BCUT2D eigenvalue weighted by Crippen LogP contribution is 2.25. The molecule has 5 nitrogen and oxygen atoms in total. The van der Waals surface area contributed by atoms with Crippen LogP contribution >= 0.6 is 0 Å². The van der Waals surface area contributed by atoms with E-state index in [1.54, 1.807) is 13.2 Å². The van der Waals surface area contributed by atoms with Crippen LogP contribution in [0.3, 0.4) is 0 Å². The number of nitrogens with zero attached hydrogens (tertiary/aromatic N) is 2. The summed E-state index contributed by atoms with van der Waals surface area (Å²) in [5.74, 6) is 0.750. The van der Waals surface area contributed by atoms with Crippen LogP contribution in [0.15, 0.2) is 72.8 Å². The van der Waals surface area contributed by atoms with Crippen LogP contribution in [0.25, 0.3) is 22.4 Å². The molecule has 5 heteroatoms. The zero-order valence-corrected chi connectivity index (χ0v) is 15.8. The lowest BCUT2D eigenvalue weighted by molar-refractivity contribution is 0.102. The molecule has 1 amide bonds. The van der Waals surface area contributed by atoms with Crippen LogP contribution in [0.2, 0.25) is 0 Å². The summed E-state index contributed by atoms with van der Waals surface area (Å²) in [6.45, 7) is 0.480. The Bertz CT molecular complexity index is 1130. The van der Waals surface area contributed by atoms with Crippen LogP contribution in [-0.2, 0) is 18.4 Å². The number of anilines is 1. The molecule has 0 unspecified atom stereocenters. The van der Waals surface area contributed by atoms with Gasteiger partial charge in [0.05, 0.1) is 17.6 Å². The van der Waals surface area contributed by atoms with Crippen molar-refractivity contribution >= 4 is 22.6 Å². The number of para-hydroxylation sites is 2. The Morgan fingerprint density at radius 3 is 2.57 bits per heavy atom. The molecule has 4 rings (SSSR count). The number of hydrogen-bond donors (Lipinski definition) is 1. The minimum atomic E-state index is -0.145. The van der Waals surface area contributed by atoms with Gasteiger partial charge in [-0.3, -0.25) is 4.79 Å². The van der Waals surface area contributed by atoms with Gasteiger partial charge in [-0.1, -0.05) is 24.3 Å². The number of nitrogens with one attached hydrogen (secondary N) is 1. The van der Waals surface area contributed by atoms with Crippen LogP contribution < -0.4 is 5.32 Å². The van der Waals surface area contributed by atoms with Gasteiger partial charge >= 0.3 is 0 Å². The van der Waals surface area contributed by atoms with E-state index < -0.39 is 0 Å². The lowest BCUT2D eigenvalue weighted by Crippen LogP contribution is -2.12. The number of imidazole rings is 1. The Balaban J connectivity index is 1.54. The minimum absolute atomic E-state index is 0.145. The van der Waals surface area contributed by atoms with E-state index in [0.29, 0.717) is 12.2 Å². The second kappa shape index (κ2) is 7.66. The fraction of sp³-hybridized carbons (Fsp3) is 0.130. The number of aryl methyl sites for hydroxylation is 1. The molecule has 0 aliphatic heterocycles. The van der Waals surface area contributed by atoms with Gasteiger partial charge in [0.15, 0.2) is 0 Å². The first-order chi connectivity index (χ1) is 13.7. The zero-order valence-electron chi connectivity index (χ0n) is 15.8. The molecule has 0 fully saturated rings. The van der Waals surface area contributed by atoms with E-state index in [1.807, 2.05) is 67.7 Å². The SMILES string of the molecule is COCc1cccc(C(=O)Nc2ccc(-c3nc4ccccc4n3C)cc2)c1. The van der Waals surface area contributed by atoms with Crippen molar-refractivity contribution in [2.45, 2.75) is 6.61 Å². The van der Waals surface area contributed by atoms with Gasteiger partial charge in [-0.25, -0.2) is 4.98 Å². The highest BCUT2D eigenvalue weighted by atomic mass is 16.5. The summed E-state index contributed by atoms with van der Waals surface area (Å²) in [7, 11) is 3.65. The van der Waals surface area contributed by atoms with Crippen molar-refractivity contribution in [3.8, 4) is 11.4 Å². The highest BCUT2D eigenvalue weighted by Gasteiger charge is 2.11. The van der Waals surface area contributed by atoms with Crippen molar-refractivity contribution in [3.05, 3.63) is 83.9 Å². The van der Waals surface area contributed by atoms with Gasteiger partial charge in [-0.15, -0.1) is 0 Å². The summed E-state index contributed by atoms with van der Waals surface area (Å²) < 4.78 is 7.20. The number of carbonyl (C=O) groups excluding carboxylic acids is 1. The maximum Gasteiger partial charge on any atom is 0.255 e. The first-order valence-corrected chi connectivity index (χ1v) is 9.07. The Morgan fingerprint density at radius 2 is 1.82 bits per heavy atom. The monoisotopic (exact) mass is 371 g/mol. The molecule has 1 aromatic heterocycles. The lowest BCUT2D eigenvalue weighted by Gasteiger charge is -2.08. The van der Waals surface area contributed by atoms with Crippen LogP contribution in [-0.4, -0.2) is 22.6 Å². The van der Waals surface area contributed by atoms with Gasteiger partial charge in [-0.2, -0.15) is 0 Å². The van der Waals surface area contributed by atoms with Gasteiger partial charge in [0.1, 0.15) is 5.82 Å². The maximum absolute atomic E-state index is 12.5. The number of carbonyl (C=O) groups is 1. The number of methoxy groups -OCH3 is 1. The van der Waals surface area contributed by atoms with Gasteiger partial charge in [0.2, 0.25) is 0 Å². The Labute approximate surface area is 163 Å². The predicted octanol–water partition coefficient (Wildman–Crippen LogP) is 4.64. The van der Waals surface area contributed by atoms with Crippen molar-refractivity contribution in [2.24, 2.45) is 7.05 Å². The molecule has 0 aliphatic carbocycles. The third-order valence-electron chi connectivity index (χ3n) is 4.69. The van der Waals surface area contributed by atoms with Crippen molar-refractivity contribution in [2.75, 3.05) is 12.4 Å². The second-order valence-corrected chi connectivity index (χ2v) is 6.65. The summed E-state index contributed by atoms with van der Waals surface area (Å²) in [6.07, 6.45) is 0. The summed E-state index contributed by atoms with van der Waals surface area (Å²) in [5.41, 5.74) is 5.36. The predicted molar refractivity (Wildman–Crippen MR) is 111 cm³/mol. The topological polar surface area (TPSA) is 56.1 Å². The van der Waals surface area contributed by atoms with Crippen LogP contribution in [0.1, 0.15) is 15.9 Å². The largest absolute Gasteiger partial charge is 0.380 e. The fourth-order valence-corrected chi connectivity index (χ4v) is 3.28. The van der Waals surface area contributed by atoms with Crippen molar-refractivity contribution in [1.29, 1.82) is 0 Å². The van der Waals surface area contributed by atoms with Gasteiger partial charge in [0.25, 0.3) is 5.91 Å². The number of benzene rings is 3. The third-order valence-corrected chi connectivity index (χ3v) is 4.69. The molecule has 4 aromatic rings. The Hall–Kier alpha value is -3.44. The molecule has 3 aromatic carbocycles. The molecular formula is C23H21N3O2. The van der Waals surface area contributed by atoms with Crippen molar-refractivity contribution < 1.29 is 9.53 Å². The standard InChI is InChI=1S/C23H21N3O2/c1-26-21-9-4-3-8-20(21)25-22(26)17-10-12-19(13-11-17)24-23(27)18-7-5-6-16(14-18)15-28-2/h3-14H,15H2,1-2H3,(H,24,27). The van der Waals surface area contributed by atoms with E-state index in [4.69, 9.17) is 9.72 Å². The lowest BCUT2D eigenvalue weighted by atomic mass is 10.1. The van der Waals surface area contributed by atoms with Crippen LogP contribution in [0.5, 0.6) is 0 Å². The molecule has 0 atom stereocenters. The van der Waals surface area contributed by atoms with Crippen molar-refractivity contribution in [3.63, 3.8) is 0 Å². The van der Waals surface area contributed by atoms with E-state index in [9.17, 15) is 4.79 Å². The fourth-order valence-electron chi connectivity index (χ4n) is 3.28. The Kier molecular flexibility index (Phi) is 4.91. The van der Waals surface area contributed by atoms with E-state index in [0.717, 1.165) is 33.7 Å². The quantitative estimate of drug-likeness (QED) is 0.556. The van der Waals surface area contributed by atoms with Gasteiger partial charge in [-0.05, 0) is 54.1 Å². The smallest absolute Gasteiger partial charge is 0.255 e. The van der Waals surface area contributed by atoms with E-state index in [2.05, 4.69) is 16.0 Å². The summed E-state index contributed by atoms with van der Waals surface area (Å²) >= 11 is 0. The number of hydrogen-bond acceptors (Lipinski definition) is 3. The molecule has 0 spiro atoms. The zero-order chi connectivity index (χ0) is 19.5. The number of ether oxygens (including phenoxy) is 1. The maximum atomic E-state index is 12.5. The van der Waals surface area contributed by atoms with Crippen molar-refractivity contribution in [1.82, 2.24) is 9.55 Å². The first kappa shape index (κ1) is 17.9. The average molecular weight is 371 g/mol. The second-order valence-electron chi connectivity index (χ2n) is 6.65. The third kappa shape index (κ3) is 3.52. The summed E-state index contributed by atoms with van der Waals surface area (Å²) in [5, 5.41) is 2.94. The molecule has 0 aliphatic rings. The molecule has 28 heavy (non-hydrogen) atoms. The molecule has 0 bridgehead atoms. The molecular weight excluding hydrogens is 350 g/mol. The molecule has 1 N–H and O–H groups in total. The van der Waals surface area contributed by atoms with E-state index in [1.165, 1.54) is 0 Å². The Morgan fingerprint density at radius 1 is 1.04 bits per heavy atom. The molecule has 140 valence electrons. The molecule has 1 heterocycles. The van der Waals surface area contributed by atoms with Crippen LogP contribution in [0, 0.1) is 0 Å². The van der Waals surface area contributed by atoms with E-state index >= 15 is 0 Å². The minimum Gasteiger partial charge on any atom is -0.380 e. The highest BCUT2D eigenvalue weighted by molar-refractivity contribution is 6.04. The molecule has 0 saturated carbocycles. The first-order valence-electron chi connectivity index (χ1n) is 9.07. The average Bonchev–Trinajstić information content (AvgIpc) is 3.06. The number of fused-ring (bicyclic) bond motifs is 1. The van der Waals surface area contributed by atoms with Gasteiger partial charge < -0.3 is 14.6 Å². The normalized spacial score (nSPS) is 10.9. The molecule has 0 saturated heterocycles. The summed E-state index contributed by atoms with van der Waals surface area (Å²) in [4.78, 5) is 17.2. The number of amides is 1. The van der Waals surface area contributed by atoms with Gasteiger partial charge in [0, 0.05) is 31.0 Å². The van der Waals surface area contributed by atoms with E-state index in [-0.39, 0.29) is 5.91 Å². The number of aromatic nitrogens is 2. The number of rotatable bonds is 5. The van der Waals surface area contributed by atoms with Crippen LogP contribution in [0.4, 0.5) is 5.69 Å². The molecule has 0 radical (unpaired) electrons. The summed E-state index contributed by atoms with van der Waals surface area (Å²) in [6, 6.07) is 23.2.